The summed E-state index contributed by atoms with van der Waals surface area (Å²) < 4.78 is 115. The summed E-state index contributed by atoms with van der Waals surface area (Å²) in [5.74, 6) is -19.6. The Morgan fingerprint density at radius 3 is 1.46 bits per heavy atom. The van der Waals surface area contributed by atoms with Crippen molar-refractivity contribution < 1.29 is 44.6 Å². The van der Waals surface area contributed by atoms with Crippen molar-refractivity contribution in [1.29, 1.82) is 0 Å². The molecule has 1 nitrogen and oxygen atoms in total. The number of hydrogen-bond acceptors (Lipinski definition) is 1. The SMILES string of the molecule is CC(I)CCCCCCCCC(O)C(F)(F)C(F)(F)C(F)(F)C(F)(F)F. The first-order valence-electron chi connectivity index (χ1n) is 8.11. The standard InChI is InChI=1S/C15H22F9IO/c1-10(25)8-6-4-2-3-5-7-9-11(26)12(16,17)13(18,19)14(20,21)15(22,23)24/h10-11,26H,2-9H2,1H3. The van der Waals surface area contributed by atoms with Gasteiger partial charge in [0, 0.05) is 3.92 Å². The molecular weight excluding hydrogens is 494 g/mol. The molecule has 0 heterocycles. The molecule has 0 aliphatic rings. The fraction of sp³-hybridized carbons (Fsp3) is 1.00. The second-order valence-electron chi connectivity index (χ2n) is 6.26. The van der Waals surface area contributed by atoms with Gasteiger partial charge in [-0.15, -0.1) is 0 Å². The van der Waals surface area contributed by atoms with Crippen molar-refractivity contribution in [2.45, 2.75) is 92.3 Å². The molecule has 158 valence electrons. The van der Waals surface area contributed by atoms with E-state index in [0.29, 0.717) is 10.3 Å². The molecule has 1 N–H and O–H groups in total. The van der Waals surface area contributed by atoms with Gasteiger partial charge in [0.1, 0.15) is 6.10 Å². The van der Waals surface area contributed by atoms with Crippen LogP contribution in [0.25, 0.3) is 0 Å². The van der Waals surface area contributed by atoms with E-state index < -0.39 is 36.5 Å². The maximum absolute atomic E-state index is 13.4. The molecule has 11 heteroatoms. The summed E-state index contributed by atoms with van der Waals surface area (Å²) in [5, 5.41) is 9.11. The molecule has 2 unspecified atom stereocenters. The molecule has 0 fully saturated rings. The van der Waals surface area contributed by atoms with Crippen LogP contribution in [0.3, 0.4) is 0 Å². The van der Waals surface area contributed by atoms with Crippen LogP contribution in [0.15, 0.2) is 0 Å². The summed E-state index contributed by atoms with van der Waals surface area (Å²) >= 11 is 2.26. The first-order valence-corrected chi connectivity index (χ1v) is 9.36. The van der Waals surface area contributed by atoms with E-state index in [1.165, 1.54) is 0 Å². The zero-order valence-electron chi connectivity index (χ0n) is 14.0. The number of halogens is 10. The van der Waals surface area contributed by atoms with E-state index in [1.807, 2.05) is 6.92 Å². The van der Waals surface area contributed by atoms with E-state index in [0.717, 1.165) is 25.7 Å². The third-order valence-corrected chi connectivity index (χ3v) is 4.54. The molecule has 0 aliphatic heterocycles. The highest BCUT2D eigenvalue weighted by molar-refractivity contribution is 14.1. The lowest BCUT2D eigenvalue weighted by molar-refractivity contribution is -0.406. The molecule has 26 heavy (non-hydrogen) atoms. The molecule has 0 aromatic heterocycles. The Morgan fingerprint density at radius 1 is 0.692 bits per heavy atom. The third kappa shape index (κ3) is 6.59. The molecule has 0 saturated heterocycles. The van der Waals surface area contributed by atoms with Crippen LogP contribution >= 0.6 is 22.6 Å². The summed E-state index contributed by atoms with van der Waals surface area (Å²) in [5.41, 5.74) is 0. The minimum atomic E-state index is -6.96. The zero-order chi connectivity index (χ0) is 20.8. The van der Waals surface area contributed by atoms with Gasteiger partial charge < -0.3 is 5.11 Å². The van der Waals surface area contributed by atoms with Crippen molar-refractivity contribution in [3.05, 3.63) is 0 Å². The van der Waals surface area contributed by atoms with Crippen molar-refractivity contribution in [2.75, 3.05) is 0 Å². The van der Waals surface area contributed by atoms with Crippen molar-refractivity contribution in [3.63, 3.8) is 0 Å². The number of rotatable bonds is 12. The maximum Gasteiger partial charge on any atom is 0.460 e. The van der Waals surface area contributed by atoms with E-state index in [-0.39, 0.29) is 12.8 Å². The Hall–Kier alpha value is 0.0600. The number of aliphatic hydroxyl groups excluding tert-OH is 1. The summed E-state index contributed by atoms with van der Waals surface area (Å²) in [4.78, 5) is 0. The summed E-state index contributed by atoms with van der Waals surface area (Å²) in [6.45, 7) is 2.04. The summed E-state index contributed by atoms with van der Waals surface area (Å²) in [6.07, 6.45) is -6.93. The Kier molecular flexibility index (Phi) is 10.0. The number of aliphatic hydroxyl groups is 1. The van der Waals surface area contributed by atoms with Gasteiger partial charge in [-0.3, -0.25) is 0 Å². The van der Waals surface area contributed by atoms with Gasteiger partial charge in [-0.2, -0.15) is 39.5 Å². The van der Waals surface area contributed by atoms with Gasteiger partial charge in [0.25, 0.3) is 0 Å². The van der Waals surface area contributed by atoms with E-state index in [1.54, 1.807) is 0 Å². The Balaban J connectivity index is 4.49. The molecule has 0 amide bonds. The average Bonchev–Trinajstić information content (AvgIpc) is 2.47. The summed E-state index contributed by atoms with van der Waals surface area (Å²) in [6, 6.07) is 0. The molecule has 0 aliphatic carbocycles. The Bertz CT molecular complexity index is 410. The lowest BCUT2D eigenvalue weighted by Gasteiger charge is -2.35. The van der Waals surface area contributed by atoms with Gasteiger partial charge in [0.15, 0.2) is 0 Å². The summed E-state index contributed by atoms with van der Waals surface area (Å²) in [7, 11) is 0. The van der Waals surface area contributed by atoms with Gasteiger partial charge in [0.05, 0.1) is 0 Å². The minimum absolute atomic E-state index is 0.187. The molecular formula is C15H22F9IO. The fourth-order valence-corrected chi connectivity index (χ4v) is 2.69. The smallest absolute Gasteiger partial charge is 0.387 e. The van der Waals surface area contributed by atoms with Crippen molar-refractivity contribution >= 4 is 22.6 Å². The monoisotopic (exact) mass is 516 g/mol. The van der Waals surface area contributed by atoms with Crippen LogP contribution in [0.1, 0.15) is 58.3 Å². The van der Waals surface area contributed by atoms with Gasteiger partial charge >= 0.3 is 23.9 Å². The van der Waals surface area contributed by atoms with Crippen molar-refractivity contribution in [1.82, 2.24) is 0 Å². The highest BCUT2D eigenvalue weighted by atomic mass is 127. The van der Waals surface area contributed by atoms with Gasteiger partial charge in [-0.05, 0) is 12.8 Å². The Labute approximate surface area is 159 Å². The quantitative estimate of drug-likeness (QED) is 0.132. The molecule has 0 aromatic rings. The van der Waals surface area contributed by atoms with E-state index >= 15 is 0 Å². The molecule has 0 saturated carbocycles. The van der Waals surface area contributed by atoms with Crippen LogP contribution in [0, 0.1) is 0 Å². The van der Waals surface area contributed by atoms with Crippen LogP contribution in [0.4, 0.5) is 39.5 Å². The van der Waals surface area contributed by atoms with Gasteiger partial charge in [0.2, 0.25) is 0 Å². The highest BCUT2D eigenvalue weighted by Crippen LogP contribution is 2.54. The largest absolute Gasteiger partial charge is 0.460 e. The predicted molar refractivity (Wildman–Crippen MR) is 87.3 cm³/mol. The van der Waals surface area contributed by atoms with Gasteiger partial charge in [-0.25, -0.2) is 0 Å². The van der Waals surface area contributed by atoms with E-state index in [2.05, 4.69) is 22.6 Å². The number of hydrogen-bond donors (Lipinski definition) is 1. The van der Waals surface area contributed by atoms with Crippen molar-refractivity contribution in [3.8, 4) is 0 Å². The second-order valence-corrected chi connectivity index (χ2v) is 8.39. The average molecular weight is 516 g/mol. The van der Waals surface area contributed by atoms with Crippen LogP contribution in [0.5, 0.6) is 0 Å². The number of unbranched alkanes of at least 4 members (excludes halogenated alkanes) is 5. The fourth-order valence-electron chi connectivity index (χ4n) is 2.25. The van der Waals surface area contributed by atoms with Crippen LogP contribution in [-0.4, -0.2) is 39.1 Å². The van der Waals surface area contributed by atoms with Crippen LogP contribution in [-0.2, 0) is 0 Å². The lowest BCUT2D eigenvalue weighted by atomic mass is 9.95. The topological polar surface area (TPSA) is 20.2 Å². The maximum atomic E-state index is 13.4. The molecule has 0 spiro atoms. The third-order valence-electron chi connectivity index (χ3n) is 3.92. The Morgan fingerprint density at radius 2 is 1.08 bits per heavy atom. The van der Waals surface area contributed by atoms with Gasteiger partial charge in [-0.1, -0.05) is 68.0 Å². The lowest BCUT2D eigenvalue weighted by Crippen LogP contribution is -2.64. The minimum Gasteiger partial charge on any atom is -0.387 e. The molecule has 0 radical (unpaired) electrons. The second kappa shape index (κ2) is 10.0. The van der Waals surface area contributed by atoms with E-state index in [9.17, 15) is 39.5 Å². The normalized spacial score (nSPS) is 16.6. The highest BCUT2D eigenvalue weighted by Gasteiger charge is 2.82. The van der Waals surface area contributed by atoms with Crippen LogP contribution in [0.2, 0.25) is 0 Å². The molecule has 2 atom stereocenters. The van der Waals surface area contributed by atoms with Crippen molar-refractivity contribution in [2.24, 2.45) is 0 Å². The molecule has 0 aromatic carbocycles. The van der Waals surface area contributed by atoms with E-state index in [4.69, 9.17) is 5.11 Å². The molecule has 0 rings (SSSR count). The predicted octanol–water partition coefficient (Wildman–Crippen LogP) is 6.76. The van der Waals surface area contributed by atoms with Crippen LogP contribution < -0.4 is 0 Å². The first-order chi connectivity index (χ1) is 11.6. The molecule has 0 bridgehead atoms. The number of alkyl halides is 10. The first kappa shape index (κ1) is 26.1. The zero-order valence-corrected chi connectivity index (χ0v) is 16.2.